The number of rotatable bonds is 6. The summed E-state index contributed by atoms with van der Waals surface area (Å²) < 4.78 is 2.95. The van der Waals surface area contributed by atoms with Crippen LogP contribution >= 0.6 is 50.6 Å². The number of benzene rings is 1. The minimum absolute atomic E-state index is 0.103. The van der Waals surface area contributed by atoms with Crippen molar-refractivity contribution in [3.8, 4) is 0 Å². The molecule has 0 bridgehead atoms. The van der Waals surface area contributed by atoms with E-state index >= 15 is 0 Å². The molecule has 2 heterocycles. The lowest BCUT2D eigenvalue weighted by atomic mass is 10.3. The van der Waals surface area contributed by atoms with Crippen molar-refractivity contribution in [2.75, 3.05) is 11.1 Å². The molecule has 134 valence electrons. The van der Waals surface area contributed by atoms with Gasteiger partial charge in [0.05, 0.1) is 22.0 Å². The Hall–Kier alpha value is -1.61. The Balaban J connectivity index is 1.78. The molecule has 0 aliphatic carbocycles. The predicted molar refractivity (Wildman–Crippen MR) is 113 cm³/mol. The number of allylic oxidation sites excluding steroid dienone is 1. The lowest BCUT2D eigenvalue weighted by Gasteiger charge is -2.11. The summed E-state index contributed by atoms with van der Waals surface area (Å²) in [5.74, 6) is -0.130. The van der Waals surface area contributed by atoms with E-state index < -0.39 is 0 Å². The van der Waals surface area contributed by atoms with Gasteiger partial charge < -0.3 is 5.32 Å². The fraction of sp³-hybridized carbons (Fsp3) is 0.118. The molecule has 26 heavy (non-hydrogen) atoms. The number of fused-ring (bicyclic) bond motifs is 1. The Kier molecular flexibility index (Phi) is 6.18. The highest BCUT2D eigenvalue weighted by atomic mass is 79.9. The average Bonchev–Trinajstić information content (AvgIpc) is 3.07. The van der Waals surface area contributed by atoms with E-state index in [0.29, 0.717) is 32.6 Å². The number of anilines is 1. The summed E-state index contributed by atoms with van der Waals surface area (Å²) in [5.41, 5.74) is 1.05. The Morgan fingerprint density at radius 2 is 2.27 bits per heavy atom. The normalized spacial score (nSPS) is 10.8. The zero-order chi connectivity index (χ0) is 18.7. The first-order valence-corrected chi connectivity index (χ1v) is 10.5. The van der Waals surface area contributed by atoms with Crippen molar-refractivity contribution in [3.05, 3.63) is 62.1 Å². The summed E-state index contributed by atoms with van der Waals surface area (Å²) in [5, 5.41) is 5.52. The van der Waals surface area contributed by atoms with E-state index in [0.717, 1.165) is 4.47 Å². The molecule has 0 atom stereocenters. The number of thiophene rings is 1. The van der Waals surface area contributed by atoms with E-state index in [1.54, 1.807) is 30.3 Å². The highest BCUT2D eigenvalue weighted by Crippen LogP contribution is 2.26. The van der Waals surface area contributed by atoms with Crippen molar-refractivity contribution in [3.63, 3.8) is 0 Å². The maximum Gasteiger partial charge on any atom is 0.272 e. The van der Waals surface area contributed by atoms with E-state index in [-0.39, 0.29) is 17.2 Å². The molecule has 0 saturated carbocycles. The number of carbonyl (C=O) groups excluding carboxylic acids is 1. The van der Waals surface area contributed by atoms with Crippen LogP contribution in [0.2, 0.25) is 5.02 Å². The monoisotopic (exact) mass is 469 g/mol. The van der Waals surface area contributed by atoms with Gasteiger partial charge >= 0.3 is 0 Å². The van der Waals surface area contributed by atoms with Crippen LogP contribution in [0.5, 0.6) is 0 Å². The van der Waals surface area contributed by atoms with Crippen molar-refractivity contribution >= 4 is 72.4 Å². The second-order valence-corrected chi connectivity index (χ2v) is 8.38. The molecule has 0 spiro atoms. The van der Waals surface area contributed by atoms with Gasteiger partial charge in [-0.1, -0.05) is 45.4 Å². The lowest BCUT2D eigenvalue weighted by Crippen LogP contribution is -2.23. The largest absolute Gasteiger partial charge is 0.324 e. The van der Waals surface area contributed by atoms with Gasteiger partial charge in [0.2, 0.25) is 5.91 Å². The Morgan fingerprint density at radius 3 is 3.00 bits per heavy atom. The SMILES string of the molecule is C=CCn1c(SCC(=O)Nc2ccc(Br)cc2Cl)nc2ccsc2c1=O. The summed E-state index contributed by atoms with van der Waals surface area (Å²) in [7, 11) is 0. The first-order chi connectivity index (χ1) is 12.5. The van der Waals surface area contributed by atoms with Gasteiger partial charge in [-0.25, -0.2) is 4.98 Å². The topological polar surface area (TPSA) is 64.0 Å². The quantitative estimate of drug-likeness (QED) is 0.320. The van der Waals surface area contributed by atoms with Crippen molar-refractivity contribution in [1.29, 1.82) is 0 Å². The van der Waals surface area contributed by atoms with Gasteiger partial charge in [0.25, 0.3) is 5.56 Å². The van der Waals surface area contributed by atoms with E-state index in [1.165, 1.54) is 27.7 Å². The van der Waals surface area contributed by atoms with E-state index in [4.69, 9.17) is 11.6 Å². The number of aromatic nitrogens is 2. The van der Waals surface area contributed by atoms with Gasteiger partial charge in [0, 0.05) is 11.0 Å². The third-order valence-corrected chi connectivity index (χ3v) is 6.05. The maximum absolute atomic E-state index is 12.6. The molecule has 0 unspecified atom stereocenters. The molecule has 0 fully saturated rings. The summed E-state index contributed by atoms with van der Waals surface area (Å²) >= 11 is 12.0. The molecule has 0 aliphatic heterocycles. The Bertz CT molecular complexity index is 1050. The highest BCUT2D eigenvalue weighted by molar-refractivity contribution is 9.10. The van der Waals surface area contributed by atoms with Gasteiger partial charge in [0.15, 0.2) is 5.16 Å². The summed E-state index contributed by atoms with van der Waals surface area (Å²) in [6, 6.07) is 7.02. The van der Waals surface area contributed by atoms with Crippen LogP contribution in [0.25, 0.3) is 10.2 Å². The number of amides is 1. The summed E-state index contributed by atoms with van der Waals surface area (Å²) in [6.45, 7) is 4.02. The van der Waals surface area contributed by atoms with Crippen molar-refractivity contribution in [1.82, 2.24) is 9.55 Å². The average molecular weight is 471 g/mol. The van der Waals surface area contributed by atoms with E-state index in [1.807, 2.05) is 5.38 Å². The third kappa shape index (κ3) is 4.20. The molecule has 0 radical (unpaired) electrons. The second kappa shape index (κ2) is 8.39. The molecule has 5 nitrogen and oxygen atoms in total. The molecule has 1 aromatic carbocycles. The van der Waals surface area contributed by atoms with E-state index in [9.17, 15) is 9.59 Å². The molecule has 9 heteroatoms. The molecule has 1 N–H and O–H groups in total. The molecule has 2 aromatic heterocycles. The Morgan fingerprint density at radius 1 is 1.46 bits per heavy atom. The van der Waals surface area contributed by atoms with Crippen LogP contribution in [-0.4, -0.2) is 21.2 Å². The fourth-order valence-electron chi connectivity index (χ4n) is 2.23. The minimum Gasteiger partial charge on any atom is -0.324 e. The molecule has 1 amide bonds. The molecule has 0 saturated heterocycles. The maximum atomic E-state index is 12.6. The summed E-state index contributed by atoms with van der Waals surface area (Å²) in [4.78, 5) is 29.3. The standard InChI is InChI=1S/C17H13BrClN3O2S2/c1-2-6-22-16(24)15-13(5-7-25-15)21-17(22)26-9-14(23)20-12-4-3-10(18)8-11(12)19/h2-5,7-8H,1,6,9H2,(H,20,23). The molecule has 3 aromatic rings. The first kappa shape index (κ1) is 19.2. The molecular formula is C17H13BrClN3O2S2. The van der Waals surface area contributed by atoms with Gasteiger partial charge in [-0.2, -0.15) is 0 Å². The highest BCUT2D eigenvalue weighted by Gasteiger charge is 2.14. The van der Waals surface area contributed by atoms with Crippen molar-refractivity contribution in [2.45, 2.75) is 11.7 Å². The van der Waals surface area contributed by atoms with Crippen LogP contribution in [0, 0.1) is 0 Å². The Labute approximate surface area is 171 Å². The minimum atomic E-state index is -0.232. The molecule has 0 aliphatic rings. The van der Waals surface area contributed by atoms with Crippen LogP contribution in [0.15, 0.2) is 56.7 Å². The number of halogens is 2. The van der Waals surface area contributed by atoms with Crippen LogP contribution in [0.1, 0.15) is 0 Å². The number of carbonyl (C=O) groups is 1. The van der Waals surface area contributed by atoms with Crippen molar-refractivity contribution in [2.24, 2.45) is 0 Å². The number of nitrogens with one attached hydrogen (secondary N) is 1. The van der Waals surface area contributed by atoms with Gasteiger partial charge in [-0.3, -0.25) is 14.2 Å². The number of nitrogens with zero attached hydrogens (tertiary/aromatic N) is 2. The molecule has 3 rings (SSSR count). The van der Waals surface area contributed by atoms with Crippen LogP contribution < -0.4 is 10.9 Å². The smallest absolute Gasteiger partial charge is 0.272 e. The molecular weight excluding hydrogens is 458 g/mol. The lowest BCUT2D eigenvalue weighted by molar-refractivity contribution is -0.113. The summed E-state index contributed by atoms with van der Waals surface area (Å²) in [6.07, 6.45) is 1.63. The van der Waals surface area contributed by atoms with Crippen LogP contribution in [0.3, 0.4) is 0 Å². The zero-order valence-corrected chi connectivity index (χ0v) is 17.3. The van der Waals surface area contributed by atoms with Crippen LogP contribution in [-0.2, 0) is 11.3 Å². The number of thioether (sulfide) groups is 1. The number of hydrogen-bond acceptors (Lipinski definition) is 5. The first-order valence-electron chi connectivity index (χ1n) is 7.46. The third-order valence-electron chi connectivity index (χ3n) is 3.38. The van der Waals surface area contributed by atoms with Gasteiger partial charge in [-0.15, -0.1) is 17.9 Å². The van der Waals surface area contributed by atoms with E-state index in [2.05, 4.69) is 32.8 Å². The van der Waals surface area contributed by atoms with Crippen LogP contribution in [0.4, 0.5) is 5.69 Å². The van der Waals surface area contributed by atoms with Crippen molar-refractivity contribution < 1.29 is 4.79 Å². The predicted octanol–water partition coefficient (Wildman–Crippen LogP) is 4.79. The zero-order valence-electron chi connectivity index (χ0n) is 13.4. The fourth-order valence-corrected chi connectivity index (χ4v) is 4.54. The number of hydrogen-bond donors (Lipinski definition) is 1. The second-order valence-electron chi connectivity index (χ2n) is 5.19. The van der Waals surface area contributed by atoms with Gasteiger partial charge in [-0.05, 0) is 29.6 Å². The van der Waals surface area contributed by atoms with Gasteiger partial charge in [0.1, 0.15) is 4.70 Å².